The smallest absolute Gasteiger partial charge is 0.315 e. The number of anilines is 1. The Bertz CT molecular complexity index is 512. The largest absolute Gasteiger partial charge is 0.483 e. The van der Waals surface area contributed by atoms with Crippen molar-refractivity contribution in [1.82, 2.24) is 20.0 Å². The molecule has 27 heavy (non-hydrogen) atoms. The van der Waals surface area contributed by atoms with Gasteiger partial charge in [0.15, 0.2) is 0 Å². The molecule has 0 aliphatic heterocycles. The lowest BCUT2D eigenvalue weighted by Gasteiger charge is -2.44. The molecule has 0 bridgehead atoms. The molecule has 3 N–H and O–H groups in total. The van der Waals surface area contributed by atoms with Crippen molar-refractivity contribution >= 4 is 19.0 Å². The molecule has 0 saturated heterocycles. The van der Waals surface area contributed by atoms with E-state index in [1.807, 2.05) is 19.0 Å². The van der Waals surface area contributed by atoms with Crippen LogP contribution in [0.25, 0.3) is 0 Å². The first-order valence-corrected chi connectivity index (χ1v) is 8.97. The molecule has 1 aromatic rings. The van der Waals surface area contributed by atoms with Gasteiger partial charge in [-0.15, -0.1) is 5.10 Å². The minimum atomic E-state index is -0.250. The number of hydrogen-bond donors (Lipinski definition) is 3. The first-order valence-electron chi connectivity index (χ1n) is 8.97. The van der Waals surface area contributed by atoms with Gasteiger partial charge in [-0.2, -0.15) is 0 Å². The molecule has 1 aliphatic carbocycles. The van der Waals surface area contributed by atoms with E-state index in [4.69, 9.17) is 24.2 Å². The van der Waals surface area contributed by atoms with Crippen LogP contribution in [-0.2, 0) is 16.1 Å². The minimum Gasteiger partial charge on any atom is -0.483 e. The standard InChI is InChI=1S/C15H29N5O.2CH2O2/c1-5-20(4)15(9-7-6-8-10-15)12-16-14-18-17-13(21-14)11-19(2)3;2*2-1-3/h5-12H2,1-4H3,(H,16,18);2*1H,(H,2,3). The maximum atomic E-state index is 8.36. The second-order valence-electron chi connectivity index (χ2n) is 6.60. The predicted molar refractivity (Wildman–Crippen MR) is 102 cm³/mol. The van der Waals surface area contributed by atoms with Gasteiger partial charge in [-0.3, -0.25) is 14.5 Å². The van der Waals surface area contributed by atoms with E-state index >= 15 is 0 Å². The van der Waals surface area contributed by atoms with Crippen molar-refractivity contribution < 1.29 is 24.2 Å². The third-order valence-corrected chi connectivity index (χ3v) is 4.56. The van der Waals surface area contributed by atoms with E-state index in [9.17, 15) is 0 Å². The molecule has 1 aromatic heterocycles. The monoisotopic (exact) mass is 387 g/mol. The summed E-state index contributed by atoms with van der Waals surface area (Å²) in [6.07, 6.45) is 6.45. The van der Waals surface area contributed by atoms with Crippen molar-refractivity contribution in [3.05, 3.63) is 5.89 Å². The van der Waals surface area contributed by atoms with E-state index in [1.54, 1.807) is 0 Å². The van der Waals surface area contributed by atoms with Crippen molar-refractivity contribution in [3.63, 3.8) is 0 Å². The summed E-state index contributed by atoms with van der Waals surface area (Å²) in [5.74, 6) is 0.657. The molecule has 0 radical (unpaired) electrons. The molecule has 0 amide bonds. The van der Waals surface area contributed by atoms with Gasteiger partial charge >= 0.3 is 6.01 Å². The van der Waals surface area contributed by atoms with Gasteiger partial charge in [-0.05, 0) is 40.5 Å². The van der Waals surface area contributed by atoms with Crippen LogP contribution in [0.3, 0.4) is 0 Å². The Labute approximate surface area is 160 Å². The molecule has 1 saturated carbocycles. The average Bonchev–Trinajstić information content (AvgIpc) is 3.08. The average molecular weight is 387 g/mol. The fraction of sp³-hybridized carbons (Fsp3) is 0.765. The first-order chi connectivity index (χ1) is 12.9. The zero-order valence-electron chi connectivity index (χ0n) is 16.7. The normalized spacial score (nSPS) is 15.2. The molecular weight excluding hydrogens is 354 g/mol. The second kappa shape index (κ2) is 13.9. The summed E-state index contributed by atoms with van der Waals surface area (Å²) in [7, 11) is 6.20. The van der Waals surface area contributed by atoms with Gasteiger partial charge in [0.05, 0.1) is 6.54 Å². The summed E-state index contributed by atoms with van der Waals surface area (Å²) >= 11 is 0. The van der Waals surface area contributed by atoms with E-state index in [0.717, 1.165) is 13.1 Å². The Kier molecular flexibility index (Phi) is 12.8. The van der Waals surface area contributed by atoms with E-state index < -0.39 is 0 Å². The van der Waals surface area contributed by atoms with Gasteiger partial charge in [0.1, 0.15) is 0 Å². The first kappa shape index (κ1) is 24.8. The van der Waals surface area contributed by atoms with E-state index in [2.05, 4.69) is 34.4 Å². The molecule has 1 fully saturated rings. The lowest BCUT2D eigenvalue weighted by atomic mass is 9.80. The van der Waals surface area contributed by atoms with Gasteiger partial charge in [0, 0.05) is 12.1 Å². The number of aromatic nitrogens is 2. The van der Waals surface area contributed by atoms with Gasteiger partial charge in [-0.25, -0.2) is 0 Å². The summed E-state index contributed by atoms with van der Waals surface area (Å²) in [6, 6.07) is 0.543. The maximum Gasteiger partial charge on any atom is 0.315 e. The SMILES string of the molecule is CCN(C)C1(CNc2nnc(CN(C)C)o2)CCCCC1.O=CO.O=CO. The van der Waals surface area contributed by atoms with Crippen LogP contribution >= 0.6 is 0 Å². The van der Waals surface area contributed by atoms with Crippen molar-refractivity contribution in [2.24, 2.45) is 0 Å². The quantitative estimate of drug-likeness (QED) is 0.593. The van der Waals surface area contributed by atoms with E-state index in [0.29, 0.717) is 18.5 Å². The highest BCUT2D eigenvalue weighted by Crippen LogP contribution is 2.33. The minimum absolute atomic E-state index is 0.225. The number of rotatable bonds is 7. The second-order valence-corrected chi connectivity index (χ2v) is 6.60. The summed E-state index contributed by atoms with van der Waals surface area (Å²) in [5, 5.41) is 25.3. The Balaban J connectivity index is 0.000000997. The number of nitrogens with one attached hydrogen (secondary N) is 1. The molecular formula is C17H33N5O5. The number of nitrogens with zero attached hydrogens (tertiary/aromatic N) is 4. The zero-order valence-corrected chi connectivity index (χ0v) is 16.7. The van der Waals surface area contributed by atoms with Crippen LogP contribution in [0.2, 0.25) is 0 Å². The van der Waals surface area contributed by atoms with Gasteiger partial charge in [0.25, 0.3) is 12.9 Å². The molecule has 10 nitrogen and oxygen atoms in total. The van der Waals surface area contributed by atoms with Crippen LogP contribution in [0.4, 0.5) is 6.01 Å². The maximum absolute atomic E-state index is 8.36. The summed E-state index contributed by atoms with van der Waals surface area (Å²) < 4.78 is 5.65. The Morgan fingerprint density at radius 1 is 1.11 bits per heavy atom. The highest BCUT2D eigenvalue weighted by Gasteiger charge is 2.35. The van der Waals surface area contributed by atoms with E-state index in [-0.39, 0.29) is 18.5 Å². The summed E-state index contributed by atoms with van der Waals surface area (Å²) in [4.78, 5) is 21.2. The van der Waals surface area contributed by atoms with E-state index in [1.165, 1.54) is 32.1 Å². The van der Waals surface area contributed by atoms with Gasteiger partial charge in [-0.1, -0.05) is 31.3 Å². The van der Waals surface area contributed by atoms with Crippen LogP contribution in [-0.4, -0.2) is 82.9 Å². The fourth-order valence-electron chi connectivity index (χ4n) is 3.14. The Hall–Kier alpha value is -2.20. The van der Waals surface area contributed by atoms with Crippen LogP contribution in [0.1, 0.15) is 44.9 Å². The van der Waals surface area contributed by atoms with Crippen molar-refractivity contribution in [2.45, 2.75) is 51.1 Å². The topological polar surface area (TPSA) is 132 Å². The van der Waals surface area contributed by atoms with Crippen LogP contribution in [0.5, 0.6) is 0 Å². The lowest BCUT2D eigenvalue weighted by Crippen LogP contribution is -2.52. The molecule has 10 heteroatoms. The number of carbonyl (C=O) groups is 2. The van der Waals surface area contributed by atoms with Gasteiger partial charge < -0.3 is 24.8 Å². The molecule has 156 valence electrons. The summed E-state index contributed by atoms with van der Waals surface area (Å²) in [6.45, 7) is 4.34. The number of hydrogen-bond acceptors (Lipinski definition) is 8. The van der Waals surface area contributed by atoms with Crippen LogP contribution < -0.4 is 5.32 Å². The molecule has 0 spiro atoms. The highest BCUT2D eigenvalue weighted by atomic mass is 16.4. The highest BCUT2D eigenvalue weighted by molar-refractivity contribution is 5.33. The molecule has 0 aromatic carbocycles. The molecule has 0 atom stereocenters. The van der Waals surface area contributed by atoms with Gasteiger partial charge in [0.2, 0.25) is 5.89 Å². The third kappa shape index (κ3) is 9.34. The Morgan fingerprint density at radius 3 is 2.15 bits per heavy atom. The predicted octanol–water partition coefficient (Wildman–Crippen LogP) is 1.60. The van der Waals surface area contributed by atoms with Crippen molar-refractivity contribution in [3.8, 4) is 0 Å². The van der Waals surface area contributed by atoms with Crippen LogP contribution in [0, 0.1) is 0 Å². The zero-order chi connectivity index (χ0) is 20.7. The number of carboxylic acid groups (broad SMARTS) is 2. The Morgan fingerprint density at radius 2 is 1.67 bits per heavy atom. The molecule has 0 unspecified atom stereocenters. The molecule has 1 heterocycles. The lowest BCUT2D eigenvalue weighted by molar-refractivity contribution is -0.123. The molecule has 1 aliphatic rings. The summed E-state index contributed by atoms with van der Waals surface area (Å²) in [5.41, 5.74) is 0.225. The van der Waals surface area contributed by atoms with Crippen molar-refractivity contribution in [2.75, 3.05) is 39.5 Å². The fourth-order valence-corrected chi connectivity index (χ4v) is 3.14. The number of likely N-dealkylation sites (N-methyl/N-ethyl adjacent to an activating group) is 1. The molecule has 2 rings (SSSR count). The van der Waals surface area contributed by atoms with Crippen molar-refractivity contribution in [1.29, 1.82) is 0 Å². The third-order valence-electron chi connectivity index (χ3n) is 4.56. The van der Waals surface area contributed by atoms with Crippen LogP contribution in [0.15, 0.2) is 4.42 Å².